The molecule has 1 aliphatic rings. The van der Waals surface area contributed by atoms with E-state index in [1.807, 2.05) is 29.0 Å². The van der Waals surface area contributed by atoms with Crippen LogP contribution < -0.4 is 11.0 Å². The Morgan fingerprint density at radius 3 is 2.54 bits per heavy atom. The van der Waals surface area contributed by atoms with Crippen LogP contribution in [0.5, 0.6) is 0 Å². The van der Waals surface area contributed by atoms with Crippen molar-refractivity contribution >= 4 is 22.8 Å². The quantitative estimate of drug-likeness (QED) is 0.444. The predicted molar refractivity (Wildman–Crippen MR) is 135 cm³/mol. The summed E-state index contributed by atoms with van der Waals surface area (Å²) in [6.45, 7) is 0.633. The van der Waals surface area contributed by atoms with Gasteiger partial charge in [0.2, 0.25) is 5.91 Å². The molecule has 0 aliphatic heterocycles. The van der Waals surface area contributed by atoms with Crippen LogP contribution in [0.2, 0.25) is 0 Å². The fraction of sp³-hybridized carbons (Fsp3) is 0.370. The van der Waals surface area contributed by atoms with Crippen molar-refractivity contribution in [2.24, 2.45) is 18.9 Å². The maximum atomic E-state index is 13.0. The van der Waals surface area contributed by atoms with Gasteiger partial charge >= 0.3 is 5.69 Å². The molecule has 1 saturated carbocycles. The summed E-state index contributed by atoms with van der Waals surface area (Å²) in [7, 11) is 1.80. The number of carbonyl (C=O) groups excluding carboxylic acids is 1. The molecule has 1 fully saturated rings. The number of hydrogen-bond acceptors (Lipinski definition) is 5. The lowest BCUT2D eigenvalue weighted by Crippen LogP contribution is -2.31. The van der Waals surface area contributed by atoms with Crippen LogP contribution in [-0.4, -0.2) is 30.0 Å². The second-order valence-electron chi connectivity index (χ2n) is 9.40. The summed E-state index contributed by atoms with van der Waals surface area (Å²) in [5, 5.41) is 2.99. The third-order valence-electron chi connectivity index (χ3n) is 7.05. The normalized spacial score (nSPS) is 18.0. The van der Waals surface area contributed by atoms with Gasteiger partial charge in [-0.1, -0.05) is 6.07 Å². The first-order valence-corrected chi connectivity index (χ1v) is 12.2. The summed E-state index contributed by atoms with van der Waals surface area (Å²) in [4.78, 5) is 38.7. The fourth-order valence-corrected chi connectivity index (χ4v) is 4.98. The molecular weight excluding hydrogens is 440 g/mol. The number of rotatable bonds is 7. The summed E-state index contributed by atoms with van der Waals surface area (Å²) in [6, 6.07) is 11.6. The third kappa shape index (κ3) is 5.16. The number of imidazole rings is 1. The Bertz CT molecular complexity index is 1360. The second-order valence-corrected chi connectivity index (χ2v) is 9.40. The van der Waals surface area contributed by atoms with Gasteiger partial charge in [-0.2, -0.15) is 0 Å². The van der Waals surface area contributed by atoms with Crippen molar-refractivity contribution in [2.75, 3.05) is 5.32 Å². The topological polar surface area (TPSA) is 94.7 Å². The van der Waals surface area contributed by atoms with Crippen LogP contribution in [0, 0.1) is 11.8 Å². The molecule has 8 nitrogen and oxygen atoms in total. The molecule has 0 atom stereocenters. The Kier molecular flexibility index (Phi) is 6.70. The van der Waals surface area contributed by atoms with E-state index in [1.54, 1.807) is 42.3 Å². The third-order valence-corrected chi connectivity index (χ3v) is 7.05. The van der Waals surface area contributed by atoms with Gasteiger partial charge in [0, 0.05) is 55.7 Å². The summed E-state index contributed by atoms with van der Waals surface area (Å²) < 4.78 is 3.51. The zero-order chi connectivity index (χ0) is 24.2. The van der Waals surface area contributed by atoms with Crippen LogP contribution in [-0.2, 0) is 31.2 Å². The lowest BCUT2D eigenvalue weighted by molar-refractivity contribution is -0.121. The molecule has 1 amide bonds. The van der Waals surface area contributed by atoms with E-state index in [0.717, 1.165) is 61.1 Å². The highest BCUT2D eigenvalue weighted by Gasteiger charge is 2.27. The molecule has 0 aromatic carbocycles. The van der Waals surface area contributed by atoms with Gasteiger partial charge in [0.15, 0.2) is 5.65 Å². The summed E-state index contributed by atoms with van der Waals surface area (Å²) in [5.41, 5.74) is 4.49. The SMILES string of the molecule is Cn1c(=O)n(CC2CCC(C(=O)Nc3ccncc3)CC2)c2nc(CCc3cccnc3)ccc21. The number of hydrogen-bond donors (Lipinski definition) is 1. The van der Waals surface area contributed by atoms with E-state index in [-0.39, 0.29) is 17.5 Å². The molecule has 4 heterocycles. The number of nitrogens with one attached hydrogen (secondary N) is 1. The van der Waals surface area contributed by atoms with E-state index in [2.05, 4.69) is 21.4 Å². The molecule has 5 rings (SSSR count). The zero-order valence-corrected chi connectivity index (χ0v) is 19.9. The smallest absolute Gasteiger partial charge is 0.326 e. The lowest BCUT2D eigenvalue weighted by Gasteiger charge is -2.27. The number of aromatic nitrogens is 5. The minimum absolute atomic E-state index is 0.000795. The van der Waals surface area contributed by atoms with Crippen LogP contribution in [0.25, 0.3) is 11.2 Å². The Morgan fingerprint density at radius 1 is 1.00 bits per heavy atom. The van der Waals surface area contributed by atoms with Crippen molar-refractivity contribution in [1.82, 2.24) is 24.1 Å². The van der Waals surface area contributed by atoms with Gasteiger partial charge in [-0.25, -0.2) is 9.78 Å². The molecule has 35 heavy (non-hydrogen) atoms. The van der Waals surface area contributed by atoms with Crippen molar-refractivity contribution < 1.29 is 4.79 Å². The maximum absolute atomic E-state index is 13.0. The van der Waals surface area contributed by atoms with Gasteiger partial charge in [0.05, 0.1) is 5.52 Å². The van der Waals surface area contributed by atoms with Gasteiger partial charge in [0.1, 0.15) is 0 Å². The monoisotopic (exact) mass is 470 g/mol. The highest BCUT2D eigenvalue weighted by atomic mass is 16.2. The first kappa shape index (κ1) is 23.0. The van der Waals surface area contributed by atoms with Gasteiger partial charge in [-0.05, 0) is 80.3 Å². The molecule has 0 unspecified atom stereocenters. The van der Waals surface area contributed by atoms with Gasteiger partial charge in [-0.15, -0.1) is 0 Å². The summed E-state index contributed by atoms with van der Waals surface area (Å²) in [5.74, 6) is 0.418. The van der Waals surface area contributed by atoms with Crippen molar-refractivity contribution in [1.29, 1.82) is 0 Å². The first-order chi connectivity index (χ1) is 17.1. The lowest BCUT2D eigenvalue weighted by atomic mass is 9.81. The van der Waals surface area contributed by atoms with E-state index < -0.39 is 0 Å². The molecule has 0 bridgehead atoms. The Balaban J connectivity index is 1.25. The Morgan fingerprint density at radius 2 is 1.80 bits per heavy atom. The zero-order valence-electron chi connectivity index (χ0n) is 19.9. The highest BCUT2D eigenvalue weighted by molar-refractivity contribution is 5.92. The molecule has 0 saturated heterocycles. The van der Waals surface area contributed by atoms with Crippen LogP contribution >= 0.6 is 0 Å². The van der Waals surface area contributed by atoms with E-state index in [1.165, 1.54) is 5.56 Å². The molecule has 4 aromatic rings. The number of aryl methyl sites for hydroxylation is 3. The fourth-order valence-electron chi connectivity index (χ4n) is 4.98. The Labute approximate surface area is 204 Å². The largest absolute Gasteiger partial charge is 0.330 e. The summed E-state index contributed by atoms with van der Waals surface area (Å²) >= 11 is 0. The van der Waals surface area contributed by atoms with E-state index in [9.17, 15) is 9.59 Å². The minimum Gasteiger partial charge on any atom is -0.326 e. The van der Waals surface area contributed by atoms with Crippen molar-refractivity contribution in [3.8, 4) is 0 Å². The molecule has 1 aliphatic carbocycles. The maximum Gasteiger partial charge on any atom is 0.330 e. The van der Waals surface area contributed by atoms with Crippen LogP contribution in [0.4, 0.5) is 5.69 Å². The number of anilines is 1. The molecule has 180 valence electrons. The molecule has 0 radical (unpaired) electrons. The molecule has 0 spiro atoms. The van der Waals surface area contributed by atoms with Crippen molar-refractivity contribution in [3.63, 3.8) is 0 Å². The average molecular weight is 471 g/mol. The average Bonchev–Trinajstić information content (AvgIpc) is 3.13. The molecular formula is C27H30N6O2. The van der Waals surface area contributed by atoms with Gasteiger partial charge in [0.25, 0.3) is 0 Å². The number of amides is 1. The van der Waals surface area contributed by atoms with E-state index in [0.29, 0.717) is 12.5 Å². The Hall–Kier alpha value is -3.81. The van der Waals surface area contributed by atoms with E-state index in [4.69, 9.17) is 4.98 Å². The van der Waals surface area contributed by atoms with Crippen molar-refractivity contribution in [3.05, 3.63) is 82.9 Å². The van der Waals surface area contributed by atoms with Gasteiger partial charge in [-0.3, -0.25) is 23.9 Å². The van der Waals surface area contributed by atoms with Crippen LogP contribution in [0.15, 0.2) is 66.0 Å². The van der Waals surface area contributed by atoms with Crippen molar-refractivity contribution in [2.45, 2.75) is 45.1 Å². The molecule has 4 aromatic heterocycles. The first-order valence-electron chi connectivity index (χ1n) is 12.2. The van der Waals surface area contributed by atoms with Gasteiger partial charge < -0.3 is 5.32 Å². The highest BCUT2D eigenvalue weighted by Crippen LogP contribution is 2.31. The van der Waals surface area contributed by atoms with E-state index >= 15 is 0 Å². The molecule has 1 N–H and O–H groups in total. The summed E-state index contributed by atoms with van der Waals surface area (Å²) in [6.07, 6.45) is 12.1. The molecule has 8 heteroatoms. The van der Waals surface area contributed by atoms with Crippen LogP contribution in [0.3, 0.4) is 0 Å². The minimum atomic E-state index is -0.0329. The van der Waals surface area contributed by atoms with Crippen LogP contribution in [0.1, 0.15) is 36.9 Å². The number of fused-ring (bicyclic) bond motifs is 1. The predicted octanol–water partition coefficient (Wildman–Crippen LogP) is 3.76. The number of pyridine rings is 3. The second kappa shape index (κ2) is 10.2. The number of nitrogens with zero attached hydrogens (tertiary/aromatic N) is 5. The standard InChI is InChI=1S/C27H30N6O2/c1-32-24-11-10-22(9-6-19-3-2-14-29-17-19)30-25(24)33(27(32)35)18-20-4-7-21(8-5-20)26(34)31-23-12-15-28-16-13-23/h2-3,10-17,20-21H,4-9,18H2,1H3,(H,28,31,34). The number of carbonyl (C=O) groups is 1.